The molecule has 0 bridgehead atoms. The van der Waals surface area contributed by atoms with Gasteiger partial charge in [-0.15, -0.1) is 0 Å². The van der Waals surface area contributed by atoms with Gasteiger partial charge in [0.25, 0.3) is 0 Å². The lowest BCUT2D eigenvalue weighted by atomic mass is 10.1. The monoisotopic (exact) mass is 256 g/mol. The smallest absolute Gasteiger partial charge is 0.177 e. The van der Waals surface area contributed by atoms with Crippen LogP contribution >= 0.6 is 0 Å². The van der Waals surface area contributed by atoms with Gasteiger partial charge in [-0.1, -0.05) is 26.0 Å². The second-order valence-electron chi connectivity index (χ2n) is 4.56. The van der Waals surface area contributed by atoms with Crippen LogP contribution in [0, 0.1) is 5.92 Å². The topological polar surface area (TPSA) is 72.2 Å². The average Bonchev–Trinajstić information content (AvgIpc) is 2.24. The van der Waals surface area contributed by atoms with Crippen molar-refractivity contribution in [2.45, 2.75) is 24.8 Å². The summed E-state index contributed by atoms with van der Waals surface area (Å²) in [5.41, 5.74) is 6.53. The fourth-order valence-electron chi connectivity index (χ4n) is 1.40. The van der Waals surface area contributed by atoms with Gasteiger partial charge in [0.05, 0.1) is 10.6 Å². The molecule has 0 fully saturated rings. The first kappa shape index (κ1) is 14.0. The summed E-state index contributed by atoms with van der Waals surface area (Å²) in [5.74, 6) is 0.355. The van der Waals surface area contributed by atoms with Crippen molar-refractivity contribution < 1.29 is 8.42 Å². The van der Waals surface area contributed by atoms with E-state index in [1.165, 1.54) is 6.26 Å². The maximum atomic E-state index is 11.6. The molecule has 1 aromatic rings. The molecular formula is C12H20N2O2S. The number of rotatable bonds is 5. The lowest BCUT2D eigenvalue weighted by molar-refractivity contribution is 0.511. The molecule has 3 N–H and O–H groups in total. The van der Waals surface area contributed by atoms with E-state index >= 15 is 0 Å². The van der Waals surface area contributed by atoms with Crippen LogP contribution in [-0.2, 0) is 9.84 Å². The Bertz CT molecular complexity index is 469. The molecule has 96 valence electrons. The molecule has 0 amide bonds. The second kappa shape index (κ2) is 5.51. The minimum absolute atomic E-state index is 0.00242. The van der Waals surface area contributed by atoms with E-state index in [1.54, 1.807) is 24.3 Å². The van der Waals surface area contributed by atoms with Crippen LogP contribution < -0.4 is 11.1 Å². The highest BCUT2D eigenvalue weighted by atomic mass is 32.2. The fraction of sp³-hybridized carbons (Fsp3) is 0.500. The van der Waals surface area contributed by atoms with Crippen molar-refractivity contribution in [3.63, 3.8) is 0 Å². The summed E-state index contributed by atoms with van der Waals surface area (Å²) in [5, 5.41) is 3.10. The molecule has 1 unspecified atom stereocenters. The van der Waals surface area contributed by atoms with Crippen LogP contribution in [0.1, 0.15) is 13.8 Å². The summed E-state index contributed by atoms with van der Waals surface area (Å²) >= 11 is 0. The molecule has 0 aliphatic carbocycles. The number of hydrogen-bond donors (Lipinski definition) is 2. The van der Waals surface area contributed by atoms with Gasteiger partial charge in [0.1, 0.15) is 0 Å². The van der Waals surface area contributed by atoms with E-state index < -0.39 is 9.84 Å². The Morgan fingerprint density at radius 3 is 2.41 bits per heavy atom. The molecule has 1 atom stereocenters. The highest BCUT2D eigenvalue weighted by Crippen LogP contribution is 2.20. The van der Waals surface area contributed by atoms with Crippen LogP contribution in [0.25, 0.3) is 0 Å². The molecule has 0 heterocycles. The lowest BCUT2D eigenvalue weighted by Crippen LogP contribution is -2.34. The number of nitrogens with one attached hydrogen (secondary N) is 1. The summed E-state index contributed by atoms with van der Waals surface area (Å²) < 4.78 is 23.1. The van der Waals surface area contributed by atoms with Crippen molar-refractivity contribution in [2.75, 3.05) is 18.1 Å². The number of para-hydroxylation sites is 1. The van der Waals surface area contributed by atoms with E-state index in [2.05, 4.69) is 5.32 Å². The van der Waals surface area contributed by atoms with Gasteiger partial charge in [0.15, 0.2) is 9.84 Å². The van der Waals surface area contributed by atoms with Gasteiger partial charge in [-0.2, -0.15) is 0 Å². The number of anilines is 1. The van der Waals surface area contributed by atoms with Crippen LogP contribution in [0.2, 0.25) is 0 Å². The number of sulfone groups is 1. The maximum Gasteiger partial charge on any atom is 0.177 e. The summed E-state index contributed by atoms with van der Waals surface area (Å²) in [4.78, 5) is 0.316. The minimum Gasteiger partial charge on any atom is -0.382 e. The van der Waals surface area contributed by atoms with Gasteiger partial charge in [-0.3, -0.25) is 0 Å². The van der Waals surface area contributed by atoms with E-state index in [-0.39, 0.29) is 6.04 Å². The van der Waals surface area contributed by atoms with E-state index in [9.17, 15) is 8.42 Å². The van der Waals surface area contributed by atoms with Gasteiger partial charge in [-0.05, 0) is 18.1 Å². The molecule has 0 aliphatic heterocycles. The molecule has 1 rings (SSSR count). The summed E-state index contributed by atoms with van der Waals surface area (Å²) in [6.45, 7) is 4.63. The Morgan fingerprint density at radius 2 is 1.88 bits per heavy atom. The van der Waals surface area contributed by atoms with Crippen molar-refractivity contribution in [1.29, 1.82) is 0 Å². The number of benzene rings is 1. The van der Waals surface area contributed by atoms with Crippen LogP contribution in [0.4, 0.5) is 5.69 Å². The fourth-order valence-corrected chi connectivity index (χ4v) is 2.26. The predicted octanol–water partition coefficient (Wildman–Crippen LogP) is 1.49. The van der Waals surface area contributed by atoms with E-state index in [4.69, 9.17) is 5.73 Å². The standard InChI is InChI=1S/C12H20N2O2S/c1-9(2)10(13)8-14-11-6-4-5-7-12(11)17(3,15)16/h4-7,9-10,14H,8,13H2,1-3H3. The Hall–Kier alpha value is -1.07. The van der Waals surface area contributed by atoms with Gasteiger partial charge < -0.3 is 11.1 Å². The number of nitrogens with two attached hydrogens (primary N) is 1. The molecule has 17 heavy (non-hydrogen) atoms. The van der Waals surface area contributed by atoms with Crippen LogP contribution in [0.3, 0.4) is 0 Å². The number of hydrogen-bond acceptors (Lipinski definition) is 4. The third-order valence-electron chi connectivity index (χ3n) is 2.67. The molecule has 0 saturated heterocycles. The Kier molecular flexibility index (Phi) is 4.54. The highest BCUT2D eigenvalue weighted by Gasteiger charge is 2.13. The summed E-state index contributed by atoms with van der Waals surface area (Å²) in [7, 11) is -3.20. The van der Waals surface area contributed by atoms with Crippen molar-refractivity contribution >= 4 is 15.5 Å². The molecule has 4 nitrogen and oxygen atoms in total. The molecule has 0 aliphatic rings. The van der Waals surface area contributed by atoms with Gasteiger partial charge in [0, 0.05) is 18.8 Å². The van der Waals surface area contributed by atoms with Crippen LogP contribution in [-0.4, -0.2) is 27.3 Å². The SMILES string of the molecule is CC(C)C(N)CNc1ccccc1S(C)(=O)=O. The zero-order chi connectivity index (χ0) is 13.1. The largest absolute Gasteiger partial charge is 0.382 e. The first-order chi connectivity index (χ1) is 7.82. The molecule has 0 radical (unpaired) electrons. The van der Waals surface area contributed by atoms with Crippen molar-refractivity contribution in [2.24, 2.45) is 11.7 Å². The van der Waals surface area contributed by atoms with Gasteiger partial charge in [-0.25, -0.2) is 8.42 Å². The molecule has 0 aromatic heterocycles. The van der Waals surface area contributed by atoms with Crippen molar-refractivity contribution in [3.8, 4) is 0 Å². The molecule has 5 heteroatoms. The highest BCUT2D eigenvalue weighted by molar-refractivity contribution is 7.90. The van der Waals surface area contributed by atoms with Gasteiger partial charge in [0.2, 0.25) is 0 Å². The van der Waals surface area contributed by atoms with Crippen LogP contribution in [0.15, 0.2) is 29.2 Å². The molecular weight excluding hydrogens is 236 g/mol. The predicted molar refractivity (Wildman–Crippen MR) is 70.9 cm³/mol. The Labute approximate surface area is 103 Å². The van der Waals surface area contributed by atoms with Crippen molar-refractivity contribution in [1.82, 2.24) is 0 Å². The zero-order valence-electron chi connectivity index (χ0n) is 10.5. The first-order valence-corrected chi connectivity index (χ1v) is 7.50. The average molecular weight is 256 g/mol. The second-order valence-corrected chi connectivity index (χ2v) is 6.54. The summed E-state index contributed by atoms with van der Waals surface area (Å²) in [6, 6.07) is 6.87. The third kappa shape index (κ3) is 4.02. The lowest BCUT2D eigenvalue weighted by Gasteiger charge is -2.18. The zero-order valence-corrected chi connectivity index (χ0v) is 11.3. The molecule has 1 aromatic carbocycles. The van der Waals surface area contributed by atoms with Crippen molar-refractivity contribution in [3.05, 3.63) is 24.3 Å². The van der Waals surface area contributed by atoms with E-state index in [1.807, 2.05) is 13.8 Å². The molecule has 0 spiro atoms. The summed E-state index contributed by atoms with van der Waals surface area (Å²) in [6.07, 6.45) is 1.20. The quantitative estimate of drug-likeness (QED) is 0.837. The van der Waals surface area contributed by atoms with Crippen LogP contribution in [0.5, 0.6) is 0 Å². The Morgan fingerprint density at radius 1 is 1.29 bits per heavy atom. The third-order valence-corrected chi connectivity index (χ3v) is 3.83. The maximum absolute atomic E-state index is 11.6. The first-order valence-electron chi connectivity index (χ1n) is 5.61. The minimum atomic E-state index is -3.20. The van der Waals surface area contributed by atoms with E-state index in [0.29, 0.717) is 23.0 Å². The van der Waals surface area contributed by atoms with Gasteiger partial charge >= 0.3 is 0 Å². The molecule has 0 saturated carbocycles. The Balaban J connectivity index is 2.85. The van der Waals surface area contributed by atoms with E-state index in [0.717, 1.165) is 0 Å². The normalized spacial score (nSPS) is 13.7.